The van der Waals surface area contributed by atoms with E-state index in [4.69, 9.17) is 18.7 Å². The van der Waals surface area contributed by atoms with Gasteiger partial charge in [-0.25, -0.2) is 15.1 Å². The van der Waals surface area contributed by atoms with E-state index >= 15 is 0 Å². The molecule has 0 spiro atoms. The summed E-state index contributed by atoms with van der Waals surface area (Å²) in [6.07, 6.45) is 1.39. The summed E-state index contributed by atoms with van der Waals surface area (Å²) in [5.41, 5.74) is 3.92. The van der Waals surface area contributed by atoms with E-state index in [0.29, 0.717) is 30.4 Å². The Kier molecular flexibility index (Phi) is 20.3. The predicted molar refractivity (Wildman–Crippen MR) is 214 cm³/mol. The quantitative estimate of drug-likeness (QED) is 0.0479. The Labute approximate surface area is 332 Å². The first-order valence-electron chi connectivity index (χ1n) is 19.4. The number of carbonyl (C=O) groups is 6. The molecule has 0 heterocycles. The minimum Gasteiger partial charge on any atom is -0.518 e. The van der Waals surface area contributed by atoms with E-state index < -0.39 is 56.0 Å². The number of nitrogens with one attached hydrogen (secondary N) is 4. The molecule has 0 unspecified atom stereocenters. The fourth-order valence-electron chi connectivity index (χ4n) is 6.01. The van der Waals surface area contributed by atoms with Gasteiger partial charge in [-0.05, 0) is 68.4 Å². The van der Waals surface area contributed by atoms with E-state index in [0.717, 1.165) is 23.7 Å². The minimum atomic E-state index is -2.29. The van der Waals surface area contributed by atoms with Crippen LogP contribution in [0.4, 0.5) is 4.79 Å². The Balaban J connectivity index is 2.12. The number of methoxy groups -OCH3 is 1. The highest BCUT2D eigenvalue weighted by atomic mass is 28.4. The second-order valence-corrected chi connectivity index (χ2v) is 19.5. The van der Waals surface area contributed by atoms with Crippen LogP contribution in [0.15, 0.2) is 54.6 Å². The number of carbonyl (C=O) groups excluding carboxylic acids is 6. The fourth-order valence-corrected chi connectivity index (χ4v) is 8.51. The highest BCUT2D eigenvalue weighted by Crippen LogP contribution is 2.23. The van der Waals surface area contributed by atoms with Crippen LogP contribution in [0.5, 0.6) is 0 Å². The summed E-state index contributed by atoms with van der Waals surface area (Å²) < 4.78 is 16.5. The molecule has 2 aromatic rings. The second-order valence-electron chi connectivity index (χ2n) is 14.8. The van der Waals surface area contributed by atoms with Crippen LogP contribution in [0.25, 0.3) is 0 Å². The average molecular weight is 799 g/mol. The van der Waals surface area contributed by atoms with Crippen LogP contribution in [-0.4, -0.2) is 74.9 Å². The fraction of sp³-hybridized carbons (Fsp3) is 0.561. The molecule has 56 heavy (non-hydrogen) atoms. The normalized spacial score (nSPS) is 13.0. The van der Waals surface area contributed by atoms with E-state index in [9.17, 15) is 28.8 Å². The highest BCUT2D eigenvalue weighted by Gasteiger charge is 2.36. The van der Waals surface area contributed by atoms with Crippen LogP contribution in [0.3, 0.4) is 0 Å². The number of hydrogen-bond donors (Lipinski definition) is 4. The Morgan fingerprint density at radius 3 is 1.86 bits per heavy atom. The molecular weight excluding hydrogens is 737 g/mol. The Hall–Kier alpha value is -4.76. The summed E-state index contributed by atoms with van der Waals surface area (Å²) >= 11 is 0. The molecule has 4 N–H and O–H groups in total. The molecule has 0 aliphatic carbocycles. The van der Waals surface area contributed by atoms with Gasteiger partial charge in [0.25, 0.3) is 8.32 Å². The summed E-state index contributed by atoms with van der Waals surface area (Å²) in [6.45, 7) is 12.8. The molecule has 4 amide bonds. The van der Waals surface area contributed by atoms with Crippen molar-refractivity contribution < 1.29 is 47.5 Å². The van der Waals surface area contributed by atoms with Gasteiger partial charge < -0.3 is 29.9 Å². The van der Waals surface area contributed by atoms with Crippen molar-refractivity contribution in [2.24, 2.45) is 0 Å². The van der Waals surface area contributed by atoms with E-state index in [2.05, 4.69) is 21.4 Å². The summed E-state index contributed by atoms with van der Waals surface area (Å²) in [7, 11) is -1.07. The molecule has 0 aliphatic heterocycles. The number of amides is 4. The minimum absolute atomic E-state index is 0.0413. The molecule has 3 atom stereocenters. The number of alkyl carbamates (subject to hydrolysis) is 1. The zero-order valence-corrected chi connectivity index (χ0v) is 35.3. The molecule has 0 aromatic heterocycles. The Morgan fingerprint density at radius 2 is 1.30 bits per heavy atom. The summed E-state index contributed by atoms with van der Waals surface area (Å²) in [5, 5.41) is 8.10. The number of hydrogen-bond acceptors (Lipinski definition) is 10. The van der Waals surface area contributed by atoms with E-state index in [1.54, 1.807) is 39.0 Å². The maximum atomic E-state index is 13.7. The van der Waals surface area contributed by atoms with E-state index in [1.165, 1.54) is 14.0 Å². The third-order valence-electron chi connectivity index (χ3n) is 9.26. The summed E-state index contributed by atoms with van der Waals surface area (Å²) in [5.74, 6) is -2.41. The van der Waals surface area contributed by atoms with Crippen molar-refractivity contribution in [1.29, 1.82) is 0 Å². The summed E-state index contributed by atoms with van der Waals surface area (Å²) in [4.78, 5) is 82.4. The zero-order chi connectivity index (χ0) is 41.7. The molecule has 0 radical (unpaired) electrons. The lowest BCUT2D eigenvalue weighted by Crippen LogP contribution is -2.53. The van der Waals surface area contributed by atoms with Gasteiger partial charge in [-0.2, -0.15) is 0 Å². The van der Waals surface area contributed by atoms with Crippen LogP contribution in [-0.2, 0) is 62.2 Å². The van der Waals surface area contributed by atoms with Gasteiger partial charge in [-0.15, -0.1) is 0 Å². The molecule has 0 saturated heterocycles. The van der Waals surface area contributed by atoms with Crippen molar-refractivity contribution >= 4 is 44.1 Å². The molecular formula is C41H62N4O10Si. The number of benzene rings is 2. The standard InChI is InChI=1S/C41H62N4O10Si/c1-9-56(10-2,11-3)55-39(50)35(42-29(4)46)27-32-22-18-21-31(25-32)26-34(38(49)52-8)43-37(48)33(44-40(51)54-41(5,6)7)23-16-13-17-24-36(47)45-53-28-30-19-14-12-15-20-30/h12,14-15,18-22,25,33-35H,9-11,13,16-17,23-24,26-28H2,1-8H3,(H,42,46)(H,43,48)(H,44,51)(H,45,47)/t33-,34-,35-/m0/s1. The van der Waals surface area contributed by atoms with E-state index in [1.807, 2.05) is 57.2 Å². The maximum Gasteiger partial charge on any atom is 0.408 e. The Bertz CT molecular complexity index is 1570. The van der Waals surface area contributed by atoms with Gasteiger partial charge >= 0.3 is 18.0 Å². The van der Waals surface area contributed by atoms with Crippen molar-refractivity contribution in [3.05, 3.63) is 71.3 Å². The lowest BCUT2D eigenvalue weighted by Gasteiger charge is -2.30. The molecule has 0 aliphatic rings. The van der Waals surface area contributed by atoms with Crippen LogP contribution in [0.1, 0.15) is 97.3 Å². The number of hydroxylamine groups is 1. The largest absolute Gasteiger partial charge is 0.518 e. The SMILES string of the molecule is CC[Si](CC)(CC)OC(=O)[C@H](Cc1cccc(C[C@H](NC(=O)[C@H](CCCCCC(=O)NOCc2ccccc2)NC(=O)OC(C)(C)C)C(=O)OC)c1)NC(C)=O. The number of esters is 1. The molecule has 0 fully saturated rings. The predicted octanol–water partition coefficient (Wildman–Crippen LogP) is 5.57. The van der Waals surface area contributed by atoms with Crippen LogP contribution in [0, 0.1) is 0 Å². The monoisotopic (exact) mass is 798 g/mol. The van der Waals surface area contributed by atoms with Crippen molar-refractivity contribution in [3.8, 4) is 0 Å². The van der Waals surface area contributed by atoms with Gasteiger partial charge in [0.15, 0.2) is 0 Å². The van der Waals surface area contributed by atoms with Crippen LogP contribution >= 0.6 is 0 Å². The smallest absolute Gasteiger partial charge is 0.408 e. The number of unbranched alkanes of at least 4 members (excludes halogenated alkanes) is 2. The highest BCUT2D eigenvalue weighted by molar-refractivity contribution is 6.75. The lowest BCUT2D eigenvalue weighted by molar-refractivity contribution is -0.145. The zero-order valence-electron chi connectivity index (χ0n) is 34.3. The van der Waals surface area contributed by atoms with Gasteiger partial charge in [-0.3, -0.25) is 24.0 Å². The number of ether oxygens (including phenoxy) is 2. The molecule has 2 rings (SSSR count). The van der Waals surface area contributed by atoms with Crippen LogP contribution < -0.4 is 21.4 Å². The van der Waals surface area contributed by atoms with Crippen molar-refractivity contribution in [2.75, 3.05) is 7.11 Å². The van der Waals surface area contributed by atoms with Gasteiger partial charge in [0, 0.05) is 26.2 Å². The Morgan fingerprint density at radius 1 is 0.714 bits per heavy atom. The van der Waals surface area contributed by atoms with Gasteiger partial charge in [0.2, 0.25) is 17.7 Å². The molecule has 2 aromatic carbocycles. The molecule has 15 heteroatoms. The molecule has 14 nitrogen and oxygen atoms in total. The molecule has 310 valence electrons. The second kappa shape index (κ2) is 24.0. The number of rotatable bonds is 23. The van der Waals surface area contributed by atoms with E-state index in [-0.39, 0.29) is 44.1 Å². The first-order chi connectivity index (χ1) is 26.5. The maximum absolute atomic E-state index is 13.7. The third kappa shape index (κ3) is 17.8. The first kappa shape index (κ1) is 47.4. The van der Waals surface area contributed by atoms with Crippen molar-refractivity contribution in [3.63, 3.8) is 0 Å². The topological polar surface area (TPSA) is 187 Å². The van der Waals surface area contributed by atoms with Crippen LogP contribution in [0.2, 0.25) is 18.1 Å². The van der Waals surface area contributed by atoms with Gasteiger partial charge in [0.05, 0.1) is 13.7 Å². The first-order valence-corrected chi connectivity index (χ1v) is 22.0. The van der Waals surface area contributed by atoms with Gasteiger partial charge in [-0.1, -0.05) is 88.2 Å². The molecule has 0 saturated carbocycles. The molecule has 0 bridgehead atoms. The average Bonchev–Trinajstić information content (AvgIpc) is 3.15. The van der Waals surface area contributed by atoms with Gasteiger partial charge in [0.1, 0.15) is 23.7 Å². The van der Waals surface area contributed by atoms with Crippen molar-refractivity contribution in [1.82, 2.24) is 21.4 Å². The van der Waals surface area contributed by atoms with Crippen molar-refractivity contribution in [2.45, 2.75) is 142 Å². The lowest BCUT2D eigenvalue weighted by atomic mass is 9.99. The third-order valence-corrected chi connectivity index (χ3v) is 13.8. The summed E-state index contributed by atoms with van der Waals surface area (Å²) in [6, 6.07) is 15.8.